The fourth-order valence-electron chi connectivity index (χ4n) is 3.73. The highest BCUT2D eigenvalue weighted by molar-refractivity contribution is 6.06. The lowest BCUT2D eigenvalue weighted by Gasteiger charge is -2.16. The van der Waals surface area contributed by atoms with E-state index >= 15 is 0 Å². The first-order chi connectivity index (χ1) is 13.2. The molecule has 1 saturated carbocycles. The standard InChI is InChI=1S/C20H24N4O4/c1-20(2)18(27)24(19(28)22-20)10-12-3-5-14(6-4-12)21-17(26)13-9-16(25)23(11-13)15-7-8-15/h3-6,13,15H,7-11H2,1-2H3,(H,21,26)(H,22,28)/t13-/m1/s1. The largest absolute Gasteiger partial charge is 0.339 e. The van der Waals surface area contributed by atoms with Crippen LogP contribution in [-0.4, -0.2) is 51.7 Å². The van der Waals surface area contributed by atoms with Crippen molar-refractivity contribution < 1.29 is 19.2 Å². The van der Waals surface area contributed by atoms with Crippen molar-refractivity contribution in [2.24, 2.45) is 5.92 Å². The Kier molecular flexibility index (Phi) is 4.36. The molecule has 0 spiro atoms. The maximum atomic E-state index is 12.5. The van der Waals surface area contributed by atoms with Gasteiger partial charge in [-0.2, -0.15) is 0 Å². The minimum atomic E-state index is -0.891. The first-order valence-corrected chi connectivity index (χ1v) is 9.58. The van der Waals surface area contributed by atoms with Crippen LogP contribution < -0.4 is 10.6 Å². The average molecular weight is 384 g/mol. The maximum Gasteiger partial charge on any atom is 0.325 e. The minimum Gasteiger partial charge on any atom is -0.339 e. The van der Waals surface area contributed by atoms with Crippen molar-refractivity contribution >= 4 is 29.4 Å². The molecule has 2 heterocycles. The van der Waals surface area contributed by atoms with Crippen molar-refractivity contribution in [3.63, 3.8) is 0 Å². The predicted molar refractivity (Wildman–Crippen MR) is 101 cm³/mol. The van der Waals surface area contributed by atoms with Gasteiger partial charge in [0.1, 0.15) is 5.54 Å². The summed E-state index contributed by atoms with van der Waals surface area (Å²) < 4.78 is 0. The van der Waals surface area contributed by atoms with Crippen molar-refractivity contribution in [1.82, 2.24) is 15.1 Å². The Morgan fingerprint density at radius 1 is 1.18 bits per heavy atom. The molecule has 4 rings (SSSR count). The zero-order chi connectivity index (χ0) is 20.1. The van der Waals surface area contributed by atoms with E-state index in [1.54, 1.807) is 38.1 Å². The van der Waals surface area contributed by atoms with Gasteiger partial charge in [-0.1, -0.05) is 12.1 Å². The van der Waals surface area contributed by atoms with E-state index in [1.165, 1.54) is 4.90 Å². The molecular weight excluding hydrogens is 360 g/mol. The minimum absolute atomic E-state index is 0.0643. The number of urea groups is 1. The first kappa shape index (κ1) is 18.5. The maximum absolute atomic E-state index is 12.5. The van der Waals surface area contributed by atoms with Crippen molar-refractivity contribution in [3.05, 3.63) is 29.8 Å². The number of hydrogen-bond acceptors (Lipinski definition) is 4. The summed E-state index contributed by atoms with van der Waals surface area (Å²) in [6, 6.07) is 6.97. The second-order valence-corrected chi connectivity index (χ2v) is 8.31. The van der Waals surface area contributed by atoms with Gasteiger partial charge in [0.2, 0.25) is 11.8 Å². The van der Waals surface area contributed by atoms with Crippen LogP contribution in [0.25, 0.3) is 0 Å². The number of benzene rings is 1. The lowest BCUT2D eigenvalue weighted by atomic mass is 10.1. The molecule has 8 nitrogen and oxygen atoms in total. The number of imide groups is 1. The number of amides is 5. The van der Waals surface area contributed by atoms with Crippen LogP contribution in [0.4, 0.5) is 10.5 Å². The molecule has 28 heavy (non-hydrogen) atoms. The molecule has 1 atom stereocenters. The van der Waals surface area contributed by atoms with Crippen LogP contribution in [0.3, 0.4) is 0 Å². The third kappa shape index (κ3) is 3.46. The van der Waals surface area contributed by atoms with Gasteiger partial charge < -0.3 is 15.5 Å². The van der Waals surface area contributed by atoms with Gasteiger partial charge in [-0.3, -0.25) is 19.3 Å². The summed E-state index contributed by atoms with van der Waals surface area (Å²) in [6.45, 7) is 4.01. The molecule has 0 aromatic heterocycles. The van der Waals surface area contributed by atoms with E-state index < -0.39 is 11.6 Å². The van der Waals surface area contributed by atoms with Gasteiger partial charge in [-0.25, -0.2) is 4.79 Å². The second-order valence-electron chi connectivity index (χ2n) is 8.31. The zero-order valence-corrected chi connectivity index (χ0v) is 16.0. The fraction of sp³-hybridized carbons (Fsp3) is 0.500. The summed E-state index contributed by atoms with van der Waals surface area (Å²) in [5.74, 6) is -0.670. The van der Waals surface area contributed by atoms with Gasteiger partial charge in [0.15, 0.2) is 0 Å². The van der Waals surface area contributed by atoms with E-state index in [0.29, 0.717) is 18.3 Å². The number of nitrogens with zero attached hydrogens (tertiary/aromatic N) is 2. The van der Waals surface area contributed by atoms with Crippen molar-refractivity contribution in [2.45, 2.75) is 51.2 Å². The summed E-state index contributed by atoms with van der Waals surface area (Å²) in [4.78, 5) is 51.7. The van der Waals surface area contributed by atoms with Crippen LogP contribution in [0.2, 0.25) is 0 Å². The number of carbonyl (C=O) groups excluding carboxylic acids is 4. The van der Waals surface area contributed by atoms with Gasteiger partial charge in [0.05, 0.1) is 12.5 Å². The monoisotopic (exact) mass is 384 g/mol. The SMILES string of the molecule is CC1(C)NC(=O)N(Cc2ccc(NC(=O)[C@@H]3CC(=O)N(C4CC4)C3)cc2)C1=O. The molecule has 0 bridgehead atoms. The van der Waals surface area contributed by atoms with Gasteiger partial charge in [-0.05, 0) is 44.4 Å². The highest BCUT2D eigenvalue weighted by atomic mass is 16.2. The Morgan fingerprint density at radius 2 is 1.86 bits per heavy atom. The Balaban J connectivity index is 1.35. The van der Waals surface area contributed by atoms with Gasteiger partial charge in [0, 0.05) is 24.7 Å². The Morgan fingerprint density at radius 3 is 2.43 bits per heavy atom. The quantitative estimate of drug-likeness (QED) is 0.751. The molecule has 1 aromatic rings. The average Bonchev–Trinajstić information content (AvgIpc) is 3.37. The number of nitrogens with one attached hydrogen (secondary N) is 2. The first-order valence-electron chi connectivity index (χ1n) is 9.58. The zero-order valence-electron chi connectivity index (χ0n) is 16.0. The molecule has 0 unspecified atom stereocenters. The number of hydrogen-bond donors (Lipinski definition) is 2. The third-order valence-corrected chi connectivity index (χ3v) is 5.52. The van der Waals surface area contributed by atoms with Gasteiger partial charge in [0.25, 0.3) is 5.91 Å². The van der Waals surface area contributed by atoms with Gasteiger partial charge in [-0.15, -0.1) is 0 Å². The van der Waals surface area contributed by atoms with Crippen LogP contribution in [-0.2, 0) is 20.9 Å². The summed E-state index contributed by atoms with van der Waals surface area (Å²) in [5, 5.41) is 5.51. The smallest absolute Gasteiger partial charge is 0.325 e. The summed E-state index contributed by atoms with van der Waals surface area (Å²) in [7, 11) is 0. The molecule has 2 aliphatic heterocycles. The molecule has 1 aromatic carbocycles. The van der Waals surface area contributed by atoms with Crippen LogP contribution in [0, 0.1) is 5.92 Å². The summed E-state index contributed by atoms with van der Waals surface area (Å²) in [6.07, 6.45) is 2.34. The Hall–Kier alpha value is -2.90. The highest BCUT2D eigenvalue weighted by Crippen LogP contribution is 2.33. The van der Waals surface area contributed by atoms with Crippen LogP contribution in [0.5, 0.6) is 0 Å². The van der Waals surface area contributed by atoms with E-state index in [0.717, 1.165) is 18.4 Å². The summed E-state index contributed by atoms with van der Waals surface area (Å²) in [5.41, 5.74) is 0.525. The van der Waals surface area contributed by atoms with E-state index in [-0.39, 0.29) is 36.6 Å². The van der Waals surface area contributed by atoms with Crippen LogP contribution in [0.1, 0.15) is 38.7 Å². The highest BCUT2D eigenvalue weighted by Gasteiger charge is 2.44. The molecule has 3 fully saturated rings. The number of anilines is 1. The van der Waals surface area contributed by atoms with E-state index in [4.69, 9.17) is 0 Å². The molecular formula is C20H24N4O4. The lowest BCUT2D eigenvalue weighted by Crippen LogP contribution is -2.40. The van der Waals surface area contributed by atoms with E-state index in [1.807, 2.05) is 4.90 Å². The molecule has 148 valence electrons. The fourth-order valence-corrected chi connectivity index (χ4v) is 3.73. The van der Waals surface area contributed by atoms with Gasteiger partial charge >= 0.3 is 6.03 Å². The van der Waals surface area contributed by atoms with E-state index in [2.05, 4.69) is 10.6 Å². The van der Waals surface area contributed by atoms with Crippen LogP contribution in [0.15, 0.2) is 24.3 Å². The number of carbonyl (C=O) groups is 4. The Labute approximate surface area is 163 Å². The molecule has 3 aliphatic rings. The third-order valence-electron chi connectivity index (χ3n) is 5.52. The van der Waals surface area contributed by atoms with Crippen molar-refractivity contribution in [2.75, 3.05) is 11.9 Å². The topological polar surface area (TPSA) is 98.8 Å². The molecule has 2 saturated heterocycles. The Bertz CT molecular complexity index is 844. The molecule has 0 radical (unpaired) electrons. The normalized spacial score (nSPS) is 23.9. The molecule has 8 heteroatoms. The number of rotatable bonds is 5. The lowest BCUT2D eigenvalue weighted by molar-refractivity contribution is -0.130. The number of likely N-dealkylation sites (tertiary alicyclic amines) is 1. The van der Waals surface area contributed by atoms with Crippen molar-refractivity contribution in [3.8, 4) is 0 Å². The second kappa shape index (κ2) is 6.61. The molecule has 1 aliphatic carbocycles. The van der Waals surface area contributed by atoms with Crippen molar-refractivity contribution in [1.29, 1.82) is 0 Å². The predicted octanol–water partition coefficient (Wildman–Crippen LogP) is 1.47. The van der Waals surface area contributed by atoms with E-state index in [9.17, 15) is 19.2 Å². The molecule has 5 amide bonds. The summed E-state index contributed by atoms with van der Waals surface area (Å²) >= 11 is 0. The molecule has 2 N–H and O–H groups in total. The van der Waals surface area contributed by atoms with Crippen LogP contribution >= 0.6 is 0 Å².